The molecule has 0 aliphatic carbocycles. The van der Waals surface area contributed by atoms with Gasteiger partial charge < -0.3 is 9.84 Å². The van der Waals surface area contributed by atoms with E-state index < -0.39 is 38.4 Å². The maximum atomic E-state index is 13.7. The summed E-state index contributed by atoms with van der Waals surface area (Å²) in [5, 5.41) is 7.98. The Kier molecular flexibility index (Phi) is 8.15. The summed E-state index contributed by atoms with van der Waals surface area (Å²) in [6, 6.07) is 11.9. The lowest BCUT2D eigenvalue weighted by molar-refractivity contribution is -0.138. The predicted octanol–water partition coefficient (Wildman–Crippen LogP) is 6.23. The van der Waals surface area contributed by atoms with Gasteiger partial charge in [-0.15, -0.1) is 0 Å². The van der Waals surface area contributed by atoms with Crippen LogP contribution in [0.3, 0.4) is 0 Å². The van der Waals surface area contributed by atoms with Gasteiger partial charge in [-0.1, -0.05) is 30.7 Å². The fourth-order valence-electron chi connectivity index (χ4n) is 3.29. The van der Waals surface area contributed by atoms with E-state index in [0.29, 0.717) is 17.2 Å². The Hall–Kier alpha value is -3.31. The number of sulfonamides is 1. The second-order valence-corrected chi connectivity index (χ2v) is 9.77. The number of carbonyl (C=O) groups is 1. The van der Waals surface area contributed by atoms with Crippen LogP contribution >= 0.6 is 11.6 Å². The van der Waals surface area contributed by atoms with Gasteiger partial charge in [0.25, 0.3) is 10.0 Å². The predicted molar refractivity (Wildman–Crippen MR) is 126 cm³/mol. The van der Waals surface area contributed by atoms with Crippen molar-refractivity contribution >= 4 is 33.3 Å². The van der Waals surface area contributed by atoms with Gasteiger partial charge in [0.05, 0.1) is 22.7 Å². The molecule has 36 heavy (non-hydrogen) atoms. The number of rotatable bonds is 4. The third-order valence-electron chi connectivity index (χ3n) is 5.07. The summed E-state index contributed by atoms with van der Waals surface area (Å²) in [7, 11) is -4.33. The van der Waals surface area contributed by atoms with Crippen molar-refractivity contribution in [3.8, 4) is 16.9 Å². The molecule has 0 unspecified atom stereocenters. The minimum atomic E-state index is -4.68. The number of alkyl halides is 3. The Morgan fingerprint density at radius 3 is 2.44 bits per heavy atom. The van der Waals surface area contributed by atoms with Crippen LogP contribution in [0.1, 0.15) is 18.9 Å². The number of aliphatic carboxylic acids is 1. The van der Waals surface area contributed by atoms with Crippen LogP contribution in [0.4, 0.5) is 23.2 Å². The van der Waals surface area contributed by atoms with E-state index in [0.717, 1.165) is 22.5 Å². The molecule has 1 aliphatic heterocycles. The third kappa shape index (κ3) is 6.08. The summed E-state index contributed by atoms with van der Waals surface area (Å²) < 4.78 is 85.9. The SMILES string of the molecule is CCC(=O)O.O=S(=O)(c1cccc(C(F)(F)F)c1)N1CCOc2ccc(-c3cc(F)ccc3Cl)cc21. The average molecular weight is 546 g/mol. The number of anilines is 1. The highest BCUT2D eigenvalue weighted by Crippen LogP contribution is 2.40. The lowest BCUT2D eigenvalue weighted by atomic mass is 10.0. The molecule has 192 valence electrons. The first-order chi connectivity index (χ1) is 16.8. The van der Waals surface area contributed by atoms with E-state index in [1.165, 1.54) is 30.3 Å². The molecule has 1 N–H and O–H groups in total. The van der Waals surface area contributed by atoms with Gasteiger partial charge in [-0.05, 0) is 54.1 Å². The first-order valence-corrected chi connectivity index (χ1v) is 12.3. The number of carboxylic acids is 1. The summed E-state index contributed by atoms with van der Waals surface area (Å²) in [4.78, 5) is 8.87. The summed E-state index contributed by atoms with van der Waals surface area (Å²) >= 11 is 6.16. The Labute approximate surface area is 209 Å². The molecule has 4 rings (SSSR count). The number of hydrogen-bond donors (Lipinski definition) is 1. The number of halogens is 5. The first-order valence-electron chi connectivity index (χ1n) is 10.5. The Bertz CT molecular complexity index is 1380. The molecule has 6 nitrogen and oxygen atoms in total. The number of benzene rings is 3. The highest BCUT2D eigenvalue weighted by molar-refractivity contribution is 7.92. The number of ether oxygens (including phenoxy) is 1. The number of carboxylic acid groups (broad SMARTS) is 1. The van der Waals surface area contributed by atoms with Crippen molar-refractivity contribution in [1.82, 2.24) is 0 Å². The van der Waals surface area contributed by atoms with Crippen molar-refractivity contribution in [2.75, 3.05) is 17.5 Å². The quantitative estimate of drug-likeness (QED) is 0.393. The van der Waals surface area contributed by atoms with Crippen LogP contribution < -0.4 is 9.04 Å². The molecule has 0 saturated heterocycles. The fraction of sp³-hybridized carbons (Fsp3) is 0.208. The summed E-state index contributed by atoms with van der Waals surface area (Å²) in [6.07, 6.45) is -4.46. The maximum Gasteiger partial charge on any atom is 0.416 e. The van der Waals surface area contributed by atoms with Crippen LogP contribution in [0.5, 0.6) is 5.75 Å². The van der Waals surface area contributed by atoms with E-state index in [4.69, 9.17) is 21.4 Å². The van der Waals surface area contributed by atoms with Crippen molar-refractivity contribution < 1.29 is 40.6 Å². The van der Waals surface area contributed by atoms with Gasteiger partial charge in [-0.3, -0.25) is 9.10 Å². The van der Waals surface area contributed by atoms with Crippen LogP contribution in [0.15, 0.2) is 65.6 Å². The first kappa shape index (κ1) is 27.3. The number of hydrogen-bond acceptors (Lipinski definition) is 4. The molecule has 0 fully saturated rings. The number of fused-ring (bicyclic) bond motifs is 1. The summed E-state index contributed by atoms with van der Waals surface area (Å²) in [5.74, 6) is -1.04. The second-order valence-electron chi connectivity index (χ2n) is 7.51. The largest absolute Gasteiger partial charge is 0.489 e. The molecular formula is C24H20ClF4NO5S. The van der Waals surface area contributed by atoms with E-state index in [2.05, 4.69) is 0 Å². The van der Waals surface area contributed by atoms with Crippen LogP contribution in [0.25, 0.3) is 11.1 Å². The van der Waals surface area contributed by atoms with E-state index in [1.54, 1.807) is 13.0 Å². The van der Waals surface area contributed by atoms with Crippen LogP contribution in [0.2, 0.25) is 5.02 Å². The highest BCUT2D eigenvalue weighted by atomic mass is 35.5. The van der Waals surface area contributed by atoms with E-state index in [1.807, 2.05) is 0 Å². The molecule has 0 bridgehead atoms. The highest BCUT2D eigenvalue weighted by Gasteiger charge is 2.35. The van der Waals surface area contributed by atoms with Crippen LogP contribution in [0, 0.1) is 5.82 Å². The molecule has 1 aliphatic rings. The molecule has 0 spiro atoms. The van der Waals surface area contributed by atoms with Crippen molar-refractivity contribution in [2.24, 2.45) is 0 Å². The van der Waals surface area contributed by atoms with Crippen molar-refractivity contribution in [1.29, 1.82) is 0 Å². The van der Waals surface area contributed by atoms with E-state index in [-0.39, 0.29) is 36.0 Å². The van der Waals surface area contributed by atoms with Crippen molar-refractivity contribution in [3.63, 3.8) is 0 Å². The average Bonchev–Trinajstić information content (AvgIpc) is 2.84. The Morgan fingerprint density at radius 1 is 1.11 bits per heavy atom. The van der Waals surface area contributed by atoms with Gasteiger partial charge in [0.1, 0.15) is 18.2 Å². The molecule has 0 aromatic heterocycles. The molecule has 1 heterocycles. The van der Waals surface area contributed by atoms with Crippen molar-refractivity contribution in [2.45, 2.75) is 24.4 Å². The molecule has 0 atom stereocenters. The van der Waals surface area contributed by atoms with Gasteiger partial charge >= 0.3 is 12.1 Å². The van der Waals surface area contributed by atoms with Gasteiger partial charge in [-0.2, -0.15) is 13.2 Å². The van der Waals surface area contributed by atoms with Crippen LogP contribution in [-0.2, 0) is 21.0 Å². The summed E-state index contributed by atoms with van der Waals surface area (Å²) in [6.45, 7) is 1.51. The molecule has 12 heteroatoms. The molecule has 3 aromatic rings. The molecule has 3 aromatic carbocycles. The zero-order valence-corrected chi connectivity index (χ0v) is 20.3. The Morgan fingerprint density at radius 2 is 1.81 bits per heavy atom. The lowest BCUT2D eigenvalue weighted by Gasteiger charge is -2.31. The van der Waals surface area contributed by atoms with Crippen molar-refractivity contribution in [3.05, 3.63) is 77.1 Å². The van der Waals surface area contributed by atoms with Gasteiger partial charge in [0.15, 0.2) is 0 Å². The van der Waals surface area contributed by atoms with E-state index >= 15 is 0 Å². The zero-order chi connectivity index (χ0) is 26.7. The molecular weight excluding hydrogens is 526 g/mol. The standard InChI is InChI=1S/C21H14ClF4NO3S.C3H6O2/c22-18-6-5-15(23)12-17(18)13-4-7-20-19(10-13)27(8-9-30-20)31(28,29)16-3-1-2-14(11-16)21(24,25)26;1-2-3(4)5/h1-7,10-12H,8-9H2;2H2,1H3,(H,4,5). The normalized spacial score (nSPS) is 13.2. The Balaban J connectivity index is 0.000000658. The van der Waals surface area contributed by atoms with E-state index in [9.17, 15) is 30.8 Å². The van der Waals surface area contributed by atoms with Gasteiger partial charge in [0, 0.05) is 17.0 Å². The van der Waals surface area contributed by atoms with Gasteiger partial charge in [0.2, 0.25) is 0 Å². The third-order valence-corrected chi connectivity index (χ3v) is 7.21. The smallest absolute Gasteiger partial charge is 0.416 e. The lowest BCUT2D eigenvalue weighted by Crippen LogP contribution is -2.38. The number of nitrogens with zero attached hydrogens (tertiary/aromatic N) is 1. The topological polar surface area (TPSA) is 83.9 Å². The molecule has 0 saturated carbocycles. The second kappa shape index (κ2) is 10.8. The van der Waals surface area contributed by atoms with Crippen LogP contribution in [-0.4, -0.2) is 32.6 Å². The minimum Gasteiger partial charge on any atom is -0.489 e. The summed E-state index contributed by atoms with van der Waals surface area (Å²) in [5.41, 5.74) is -0.173. The molecule has 0 amide bonds. The monoisotopic (exact) mass is 545 g/mol. The maximum absolute atomic E-state index is 13.7. The molecule has 0 radical (unpaired) electrons. The minimum absolute atomic E-state index is 0.0191. The fourth-order valence-corrected chi connectivity index (χ4v) is 5.01. The van der Waals surface area contributed by atoms with Gasteiger partial charge in [-0.25, -0.2) is 12.8 Å². The zero-order valence-electron chi connectivity index (χ0n) is 18.7.